The molecule has 16 heteroatoms. The van der Waals surface area contributed by atoms with Crippen LogP contribution in [0.2, 0.25) is 0 Å². The van der Waals surface area contributed by atoms with E-state index in [1.165, 1.54) is 37.6 Å². The fourth-order valence-corrected chi connectivity index (χ4v) is 10.0. The second-order valence-corrected chi connectivity index (χ2v) is 19.9. The number of anilines is 1. The number of ether oxygens (including phenoxy) is 2. The molecule has 0 radical (unpaired) electrons. The molecule has 1 saturated heterocycles. The first kappa shape index (κ1) is 44.1. The van der Waals surface area contributed by atoms with Gasteiger partial charge in [0.15, 0.2) is 5.78 Å². The molecule has 4 aromatic rings. The lowest BCUT2D eigenvalue weighted by atomic mass is 9.91. The van der Waals surface area contributed by atoms with Crippen molar-refractivity contribution in [3.63, 3.8) is 0 Å². The topological polar surface area (TPSA) is 160 Å². The second kappa shape index (κ2) is 17.8. The van der Waals surface area contributed by atoms with Gasteiger partial charge in [-0.05, 0) is 87.3 Å². The molecule has 326 valence electrons. The minimum atomic E-state index is -4.14. The summed E-state index contributed by atoms with van der Waals surface area (Å²) >= 11 is 1.49. The number of nitrogens with zero attached hydrogens (tertiary/aromatic N) is 4. The number of carbonyl (C=O) groups is 3. The standard InChI is InChI=1S/C45H55FN6O7S2/c1-26(2)36-25-60-42(49-36)35-21-40(33-15-16-39(58-7)28(4)41(33)48-35)59-32-20-37-38(53)23-45(44(55)50-61(56,57)51(5)6)22-29(45)13-11-9-8-10-12-14-34(43(54)52(37)24-32)47-31-18-27(3)17-30(46)19-31/h11,13,15-19,21,25-26,29,32,34,37,47H,8-10,12,14,20,22-24H2,1-7H3,(H,50,55)/b13-11-/t29-,32-,34+,37+,45-/m1/s1. The molecule has 2 aromatic carbocycles. The molecule has 0 spiro atoms. The Kier molecular flexibility index (Phi) is 12.9. The summed E-state index contributed by atoms with van der Waals surface area (Å²) in [6, 6.07) is 8.33. The Morgan fingerprint density at radius 2 is 1.85 bits per heavy atom. The number of thiazole rings is 1. The number of aromatic nitrogens is 2. The van der Waals surface area contributed by atoms with Gasteiger partial charge in [0.2, 0.25) is 11.8 Å². The monoisotopic (exact) mass is 874 g/mol. The third kappa shape index (κ3) is 9.46. The highest BCUT2D eigenvalue weighted by molar-refractivity contribution is 7.87. The van der Waals surface area contributed by atoms with E-state index in [1.54, 1.807) is 25.0 Å². The zero-order chi connectivity index (χ0) is 43.8. The van der Waals surface area contributed by atoms with Crippen LogP contribution in [0.5, 0.6) is 11.5 Å². The van der Waals surface area contributed by atoms with Crippen molar-refractivity contribution < 1.29 is 36.7 Å². The number of allylic oxidation sites excluding steroid dienone is 2. The third-order valence-corrected chi connectivity index (χ3v) is 14.4. The van der Waals surface area contributed by atoms with Crippen LogP contribution in [0.25, 0.3) is 21.6 Å². The van der Waals surface area contributed by atoms with Crippen LogP contribution in [0.15, 0.2) is 53.9 Å². The van der Waals surface area contributed by atoms with Crippen LogP contribution in [0.3, 0.4) is 0 Å². The predicted molar refractivity (Wildman–Crippen MR) is 234 cm³/mol. The molecule has 2 fully saturated rings. The Morgan fingerprint density at radius 3 is 2.56 bits per heavy atom. The number of hydrogen-bond acceptors (Lipinski definition) is 11. The van der Waals surface area contributed by atoms with Crippen LogP contribution in [0.1, 0.15) is 88.0 Å². The molecule has 0 unspecified atom stereocenters. The number of pyridine rings is 1. The maximum atomic E-state index is 14.9. The van der Waals surface area contributed by atoms with Crippen LogP contribution in [-0.2, 0) is 24.6 Å². The molecule has 2 aliphatic heterocycles. The lowest BCUT2D eigenvalue weighted by molar-refractivity contribution is -0.139. The van der Waals surface area contributed by atoms with Gasteiger partial charge >= 0.3 is 10.2 Å². The zero-order valence-corrected chi connectivity index (χ0v) is 37.4. The van der Waals surface area contributed by atoms with Crippen LogP contribution in [-0.4, -0.2) is 91.1 Å². The van der Waals surface area contributed by atoms with E-state index < -0.39 is 45.5 Å². The van der Waals surface area contributed by atoms with Gasteiger partial charge in [0, 0.05) is 55.0 Å². The Morgan fingerprint density at radius 1 is 1.07 bits per heavy atom. The van der Waals surface area contributed by atoms with Crippen molar-refractivity contribution >= 4 is 55.7 Å². The quantitative estimate of drug-likeness (QED) is 0.153. The highest BCUT2D eigenvalue weighted by Crippen LogP contribution is 2.57. The van der Waals surface area contributed by atoms with Crippen molar-refractivity contribution in [1.82, 2.24) is 23.9 Å². The second-order valence-electron chi connectivity index (χ2n) is 17.1. The van der Waals surface area contributed by atoms with Gasteiger partial charge in [-0.2, -0.15) is 12.7 Å². The molecule has 1 aliphatic carbocycles. The van der Waals surface area contributed by atoms with Crippen molar-refractivity contribution in [3.05, 3.63) is 76.6 Å². The molecule has 4 heterocycles. The first-order chi connectivity index (χ1) is 29.0. The first-order valence-electron chi connectivity index (χ1n) is 20.9. The molecule has 13 nitrogen and oxygen atoms in total. The van der Waals surface area contributed by atoms with Crippen molar-refractivity contribution in [3.8, 4) is 22.2 Å². The number of ketones is 1. The van der Waals surface area contributed by atoms with Crippen molar-refractivity contribution in [2.45, 2.75) is 103 Å². The van der Waals surface area contributed by atoms with Crippen LogP contribution >= 0.6 is 11.3 Å². The number of carbonyl (C=O) groups excluding carboxylic acids is 3. The maximum Gasteiger partial charge on any atom is 0.303 e. The Labute approximate surface area is 361 Å². The lowest BCUT2D eigenvalue weighted by Gasteiger charge is -2.30. The Balaban J connectivity index is 1.27. The smallest absolute Gasteiger partial charge is 0.303 e. The normalized spacial score (nSPS) is 24.2. The Hall–Kier alpha value is -4.93. The number of hydrogen-bond donors (Lipinski definition) is 2. The number of methoxy groups -OCH3 is 1. The molecule has 2 aromatic heterocycles. The average molecular weight is 875 g/mol. The van der Waals surface area contributed by atoms with Gasteiger partial charge in [0.05, 0.1) is 36.3 Å². The third-order valence-electron chi connectivity index (χ3n) is 12.1. The molecular formula is C45H55FN6O7S2. The first-order valence-corrected chi connectivity index (χ1v) is 23.2. The Bertz CT molecular complexity index is 2450. The maximum absolute atomic E-state index is 14.9. The fourth-order valence-electron chi connectivity index (χ4n) is 8.48. The van der Waals surface area contributed by atoms with Crippen molar-refractivity contribution in [1.29, 1.82) is 0 Å². The molecule has 2 amide bonds. The average Bonchev–Trinajstić information content (AvgIpc) is 3.48. The summed E-state index contributed by atoms with van der Waals surface area (Å²) in [5, 5.41) is 6.75. The summed E-state index contributed by atoms with van der Waals surface area (Å²) in [4.78, 5) is 55.1. The molecule has 3 aliphatic rings. The van der Waals surface area contributed by atoms with E-state index >= 15 is 0 Å². The number of Topliss-reactive ketones (excluding diaryl/α,β-unsaturated/α-hetero) is 1. The molecule has 7 rings (SSSR count). The van der Waals surface area contributed by atoms with Crippen molar-refractivity contribution in [2.75, 3.05) is 33.1 Å². The number of amides is 2. The number of rotatable bonds is 10. The van der Waals surface area contributed by atoms with Gasteiger partial charge in [-0.15, -0.1) is 11.3 Å². The van der Waals surface area contributed by atoms with Crippen LogP contribution in [0, 0.1) is 31.0 Å². The van der Waals surface area contributed by atoms with Gasteiger partial charge in [0.1, 0.15) is 40.2 Å². The number of nitrogens with one attached hydrogen (secondary N) is 2. The van der Waals surface area contributed by atoms with Crippen LogP contribution in [0.4, 0.5) is 10.1 Å². The molecule has 61 heavy (non-hydrogen) atoms. The fraction of sp³-hybridized carbons (Fsp3) is 0.489. The van der Waals surface area contributed by atoms with E-state index in [1.807, 2.05) is 42.7 Å². The van der Waals surface area contributed by atoms with Gasteiger partial charge < -0.3 is 19.7 Å². The van der Waals surface area contributed by atoms with Gasteiger partial charge in [0.25, 0.3) is 0 Å². The van der Waals surface area contributed by atoms with E-state index in [2.05, 4.69) is 23.9 Å². The molecule has 5 atom stereocenters. The summed E-state index contributed by atoms with van der Waals surface area (Å²) in [5.74, 6) is -0.872. The number of benzene rings is 2. The minimum absolute atomic E-state index is 0.0518. The highest BCUT2D eigenvalue weighted by Gasteiger charge is 2.61. The van der Waals surface area contributed by atoms with E-state index in [4.69, 9.17) is 19.4 Å². The van der Waals surface area contributed by atoms with E-state index in [0.29, 0.717) is 46.8 Å². The van der Waals surface area contributed by atoms with Gasteiger partial charge in [-0.1, -0.05) is 38.8 Å². The van der Waals surface area contributed by atoms with E-state index in [0.717, 1.165) is 45.2 Å². The highest BCUT2D eigenvalue weighted by atomic mass is 32.2. The molecule has 1 saturated carbocycles. The molecular weight excluding hydrogens is 820 g/mol. The SMILES string of the molecule is COc1ccc2c(O[C@@H]3C[C@H]4C(=O)C[C@]5(C(=O)NS(=O)(=O)N(C)C)C[C@H]5/C=C\CCCCC[C@H](Nc5cc(C)cc(F)c5)C(=O)N4C3)cc(-c3nc(C(C)C)cs3)nc2c1C. The summed E-state index contributed by atoms with van der Waals surface area (Å²) in [7, 11) is 0.104. The van der Waals surface area contributed by atoms with E-state index in [9.17, 15) is 27.2 Å². The molecule has 0 bridgehead atoms. The summed E-state index contributed by atoms with van der Waals surface area (Å²) < 4.78 is 56.0. The molecule has 2 N–H and O–H groups in total. The number of halogens is 1. The van der Waals surface area contributed by atoms with Gasteiger partial charge in [-0.25, -0.2) is 19.1 Å². The minimum Gasteiger partial charge on any atom is -0.496 e. The lowest BCUT2D eigenvalue weighted by Crippen LogP contribution is -2.49. The zero-order valence-electron chi connectivity index (χ0n) is 35.8. The van der Waals surface area contributed by atoms with Gasteiger partial charge in [-0.3, -0.25) is 14.4 Å². The largest absolute Gasteiger partial charge is 0.496 e. The van der Waals surface area contributed by atoms with Crippen LogP contribution < -0.4 is 19.5 Å². The predicted octanol–water partition coefficient (Wildman–Crippen LogP) is 7.48. The number of fused-ring (bicyclic) bond motifs is 3. The van der Waals surface area contributed by atoms with E-state index in [-0.39, 0.29) is 49.3 Å². The summed E-state index contributed by atoms with van der Waals surface area (Å²) in [6.45, 7) is 7.92. The summed E-state index contributed by atoms with van der Waals surface area (Å²) in [5.41, 5.74) is 2.86. The number of aryl methyl sites for hydroxylation is 2. The summed E-state index contributed by atoms with van der Waals surface area (Å²) in [6.07, 6.45) is 6.87. The van der Waals surface area contributed by atoms with Crippen molar-refractivity contribution in [2.24, 2.45) is 11.3 Å².